The van der Waals surface area contributed by atoms with Crippen LogP contribution in [0.4, 0.5) is 24.5 Å². The Morgan fingerprint density at radius 2 is 1.70 bits per heavy atom. The first kappa shape index (κ1) is 23.3. The summed E-state index contributed by atoms with van der Waals surface area (Å²) in [7, 11) is 0. The van der Waals surface area contributed by atoms with Gasteiger partial charge in [0, 0.05) is 24.3 Å². The number of nitrogens with one attached hydrogen (secondary N) is 1. The summed E-state index contributed by atoms with van der Waals surface area (Å²) in [6.45, 7) is 5.69. The summed E-state index contributed by atoms with van der Waals surface area (Å²) < 4.78 is 39.9. The molecular formula is C26H29F3N2O2. The number of hydrogen-bond acceptors (Lipinski definition) is 2. The first-order valence-corrected chi connectivity index (χ1v) is 11.4. The van der Waals surface area contributed by atoms with Crippen LogP contribution in [-0.2, 0) is 15.8 Å². The van der Waals surface area contributed by atoms with Crippen molar-refractivity contribution >= 4 is 23.2 Å². The van der Waals surface area contributed by atoms with E-state index in [-0.39, 0.29) is 36.4 Å². The lowest BCUT2D eigenvalue weighted by Gasteiger charge is -2.34. The molecule has 4 rings (SSSR count). The summed E-state index contributed by atoms with van der Waals surface area (Å²) in [5.41, 5.74) is 1.50. The summed E-state index contributed by atoms with van der Waals surface area (Å²) in [6.07, 6.45) is -0.794. The van der Waals surface area contributed by atoms with Crippen molar-refractivity contribution in [2.24, 2.45) is 11.3 Å². The number of hydrogen-bond donors (Lipinski definition) is 1. The molecule has 2 aliphatic rings. The summed E-state index contributed by atoms with van der Waals surface area (Å²) in [6, 6.07) is 9.38. The van der Waals surface area contributed by atoms with E-state index in [1.54, 1.807) is 11.8 Å². The molecule has 0 radical (unpaired) electrons. The van der Waals surface area contributed by atoms with Crippen molar-refractivity contribution in [2.45, 2.75) is 59.1 Å². The molecule has 2 aromatic carbocycles. The number of carbonyl (C=O) groups is 2. The van der Waals surface area contributed by atoms with Crippen LogP contribution in [0.2, 0.25) is 0 Å². The van der Waals surface area contributed by atoms with Gasteiger partial charge in [-0.3, -0.25) is 9.59 Å². The van der Waals surface area contributed by atoms with Gasteiger partial charge < -0.3 is 10.2 Å². The molecule has 2 aromatic rings. The monoisotopic (exact) mass is 458 g/mol. The van der Waals surface area contributed by atoms with Gasteiger partial charge in [0.1, 0.15) is 0 Å². The molecule has 7 heteroatoms. The van der Waals surface area contributed by atoms with Gasteiger partial charge in [-0.05, 0) is 74.4 Å². The molecule has 1 aliphatic heterocycles. The lowest BCUT2D eigenvalue weighted by molar-refractivity contribution is -0.137. The van der Waals surface area contributed by atoms with Crippen molar-refractivity contribution < 1.29 is 22.8 Å². The topological polar surface area (TPSA) is 49.4 Å². The Hall–Kier alpha value is -2.83. The Morgan fingerprint density at radius 3 is 2.30 bits per heavy atom. The van der Waals surface area contributed by atoms with E-state index in [0.717, 1.165) is 54.6 Å². The van der Waals surface area contributed by atoms with Crippen LogP contribution in [0.5, 0.6) is 0 Å². The first-order valence-electron chi connectivity index (χ1n) is 11.4. The number of rotatable bonds is 4. The minimum Gasteiger partial charge on any atom is -0.326 e. The number of benzene rings is 2. The maximum atomic E-state index is 13.7. The number of amides is 2. The van der Waals surface area contributed by atoms with Crippen LogP contribution < -0.4 is 10.2 Å². The molecule has 1 unspecified atom stereocenters. The second-order valence-corrected chi connectivity index (χ2v) is 9.57. The highest BCUT2D eigenvalue weighted by Gasteiger charge is 2.54. The van der Waals surface area contributed by atoms with Crippen LogP contribution in [-0.4, -0.2) is 18.4 Å². The van der Waals surface area contributed by atoms with Gasteiger partial charge >= 0.3 is 6.18 Å². The molecule has 1 heterocycles. The van der Waals surface area contributed by atoms with E-state index in [0.29, 0.717) is 5.56 Å². The smallest absolute Gasteiger partial charge is 0.326 e. The lowest BCUT2D eigenvalue weighted by Crippen LogP contribution is -2.44. The van der Waals surface area contributed by atoms with Crippen molar-refractivity contribution in [3.8, 4) is 0 Å². The Labute approximate surface area is 192 Å². The number of carbonyl (C=O) groups excluding carboxylic acids is 2. The van der Waals surface area contributed by atoms with Crippen LogP contribution >= 0.6 is 0 Å². The van der Waals surface area contributed by atoms with Crippen molar-refractivity contribution in [1.82, 2.24) is 0 Å². The van der Waals surface area contributed by atoms with Crippen molar-refractivity contribution in [2.75, 3.05) is 16.8 Å². The van der Waals surface area contributed by atoms with E-state index >= 15 is 0 Å². The fraction of sp³-hybridized carbons (Fsp3) is 0.462. The van der Waals surface area contributed by atoms with Gasteiger partial charge in [0.05, 0.1) is 11.0 Å². The van der Waals surface area contributed by atoms with Gasteiger partial charge in [-0.25, -0.2) is 0 Å². The van der Waals surface area contributed by atoms with Crippen LogP contribution in [0.1, 0.15) is 54.4 Å². The Balaban J connectivity index is 1.70. The third kappa shape index (κ3) is 4.37. The van der Waals surface area contributed by atoms with Crippen molar-refractivity contribution in [3.05, 3.63) is 58.7 Å². The number of aryl methyl sites for hydroxylation is 3. The van der Waals surface area contributed by atoms with E-state index < -0.39 is 17.2 Å². The number of anilines is 2. The van der Waals surface area contributed by atoms with Gasteiger partial charge in [0.15, 0.2) is 0 Å². The van der Waals surface area contributed by atoms with Gasteiger partial charge in [-0.15, -0.1) is 0 Å². The molecule has 1 aliphatic carbocycles. The highest BCUT2D eigenvalue weighted by molar-refractivity contribution is 6.06. The summed E-state index contributed by atoms with van der Waals surface area (Å²) in [5, 5.41) is 2.76. The third-order valence-electron chi connectivity index (χ3n) is 7.17. The number of alkyl halides is 3. The van der Waals surface area contributed by atoms with Gasteiger partial charge in [-0.2, -0.15) is 13.2 Å². The molecule has 1 saturated carbocycles. The molecule has 0 bridgehead atoms. The zero-order chi connectivity index (χ0) is 24.0. The molecule has 176 valence electrons. The fourth-order valence-corrected chi connectivity index (χ4v) is 5.59. The summed E-state index contributed by atoms with van der Waals surface area (Å²) in [4.78, 5) is 28.7. The highest BCUT2D eigenvalue weighted by atomic mass is 19.4. The highest BCUT2D eigenvalue weighted by Crippen LogP contribution is 2.49. The van der Waals surface area contributed by atoms with Crippen LogP contribution in [0.15, 0.2) is 36.4 Å². The maximum absolute atomic E-state index is 13.7. The third-order valence-corrected chi connectivity index (χ3v) is 7.17. The lowest BCUT2D eigenvalue weighted by atomic mass is 9.72. The van der Waals surface area contributed by atoms with Gasteiger partial charge in [0.25, 0.3) is 0 Å². The molecule has 1 atom stereocenters. The molecule has 0 spiro atoms. The van der Waals surface area contributed by atoms with E-state index in [1.807, 2.05) is 32.0 Å². The normalized spacial score (nSPS) is 21.6. The van der Waals surface area contributed by atoms with Crippen LogP contribution in [0.25, 0.3) is 0 Å². The second kappa shape index (κ2) is 8.50. The van der Waals surface area contributed by atoms with E-state index in [1.165, 1.54) is 6.07 Å². The Morgan fingerprint density at radius 1 is 1.06 bits per heavy atom. The predicted octanol–water partition coefficient (Wildman–Crippen LogP) is 6.18. The van der Waals surface area contributed by atoms with E-state index in [2.05, 4.69) is 5.32 Å². The minimum absolute atomic E-state index is 0.0164. The second-order valence-electron chi connectivity index (χ2n) is 9.57. The molecule has 0 aromatic heterocycles. The Kier molecular flexibility index (Phi) is 6.01. The minimum atomic E-state index is -4.50. The molecular weight excluding hydrogens is 429 g/mol. The van der Waals surface area contributed by atoms with E-state index in [9.17, 15) is 22.8 Å². The van der Waals surface area contributed by atoms with E-state index in [4.69, 9.17) is 0 Å². The van der Waals surface area contributed by atoms with Crippen LogP contribution in [0.3, 0.4) is 0 Å². The summed E-state index contributed by atoms with van der Waals surface area (Å²) in [5.74, 6) is -0.465. The predicted molar refractivity (Wildman–Crippen MR) is 122 cm³/mol. The van der Waals surface area contributed by atoms with Crippen molar-refractivity contribution in [3.63, 3.8) is 0 Å². The SMILES string of the molecule is Cc1cc(NC(=O)C2(C3CCCC3)CC(=O)N(c3c(C)cccc3C)C2)cc(C(F)(F)F)c1. The Bertz CT molecular complexity index is 1070. The average molecular weight is 459 g/mol. The maximum Gasteiger partial charge on any atom is 0.416 e. The molecule has 1 N–H and O–H groups in total. The zero-order valence-corrected chi connectivity index (χ0v) is 19.2. The molecule has 33 heavy (non-hydrogen) atoms. The van der Waals surface area contributed by atoms with Gasteiger partial charge in [0.2, 0.25) is 11.8 Å². The zero-order valence-electron chi connectivity index (χ0n) is 19.2. The molecule has 2 amide bonds. The van der Waals surface area contributed by atoms with Gasteiger partial charge in [-0.1, -0.05) is 31.0 Å². The standard InChI is InChI=1S/C26H29F3N2O2/c1-16-11-20(26(27,28)29)13-21(12-16)30-24(33)25(19-9-4-5-10-19)14-22(32)31(15-25)23-17(2)7-6-8-18(23)3/h6-8,11-13,19H,4-5,9-10,14-15H2,1-3H3,(H,30,33). The number of nitrogens with zero attached hydrogens (tertiary/aromatic N) is 1. The number of para-hydroxylation sites is 1. The molecule has 4 nitrogen and oxygen atoms in total. The fourth-order valence-electron chi connectivity index (χ4n) is 5.59. The molecule has 1 saturated heterocycles. The number of halogens is 3. The van der Waals surface area contributed by atoms with Crippen LogP contribution in [0, 0.1) is 32.1 Å². The largest absolute Gasteiger partial charge is 0.416 e. The summed E-state index contributed by atoms with van der Waals surface area (Å²) >= 11 is 0. The molecule has 2 fully saturated rings. The van der Waals surface area contributed by atoms with Crippen molar-refractivity contribution in [1.29, 1.82) is 0 Å². The average Bonchev–Trinajstić information content (AvgIpc) is 3.36. The quantitative estimate of drug-likeness (QED) is 0.595. The first-order chi connectivity index (χ1) is 15.5.